The molecule has 2 saturated heterocycles. The lowest BCUT2D eigenvalue weighted by Gasteiger charge is -2.23. The summed E-state index contributed by atoms with van der Waals surface area (Å²) in [5, 5.41) is 0. The van der Waals surface area contributed by atoms with E-state index in [4.69, 9.17) is 4.98 Å². The monoisotopic (exact) mass is 402 g/mol. The third-order valence-electron chi connectivity index (χ3n) is 6.91. The van der Waals surface area contributed by atoms with Crippen LogP contribution in [-0.4, -0.2) is 57.5 Å². The standard InChI is InChI=1S/C25H30N4O/c1-18(29-19(2)26-23-7-3-4-8-24(23)29)20-9-11-21(12-10-20)25(30)28-16-13-22(17-28)27-14-5-6-15-27/h3-4,7-12,18,22H,5-6,13-17H2,1-2H3/t18-,22+/m1/s1. The molecule has 0 saturated carbocycles. The zero-order valence-corrected chi connectivity index (χ0v) is 17.9. The van der Waals surface area contributed by atoms with Gasteiger partial charge >= 0.3 is 0 Å². The van der Waals surface area contributed by atoms with Crippen LogP contribution in [0.4, 0.5) is 0 Å². The van der Waals surface area contributed by atoms with Crippen molar-refractivity contribution in [3.05, 3.63) is 65.5 Å². The second-order valence-electron chi connectivity index (χ2n) is 8.75. The number of likely N-dealkylation sites (tertiary alicyclic amines) is 2. The molecule has 1 aromatic heterocycles. The van der Waals surface area contributed by atoms with Gasteiger partial charge in [0.2, 0.25) is 0 Å². The first-order valence-corrected chi connectivity index (χ1v) is 11.2. The highest BCUT2D eigenvalue weighted by atomic mass is 16.2. The maximum absolute atomic E-state index is 13.0. The summed E-state index contributed by atoms with van der Waals surface area (Å²) < 4.78 is 2.27. The molecule has 2 aliphatic heterocycles. The molecule has 0 aliphatic carbocycles. The molecule has 5 nitrogen and oxygen atoms in total. The maximum atomic E-state index is 13.0. The van der Waals surface area contributed by atoms with Crippen molar-refractivity contribution in [2.45, 2.75) is 45.2 Å². The molecule has 1 amide bonds. The van der Waals surface area contributed by atoms with E-state index in [-0.39, 0.29) is 11.9 Å². The minimum Gasteiger partial charge on any atom is -0.337 e. The lowest BCUT2D eigenvalue weighted by atomic mass is 10.0. The Morgan fingerprint density at radius 3 is 2.53 bits per heavy atom. The first-order valence-electron chi connectivity index (χ1n) is 11.2. The summed E-state index contributed by atoms with van der Waals surface area (Å²) in [6.07, 6.45) is 3.71. The number of para-hydroxylation sites is 2. The number of fused-ring (bicyclic) bond motifs is 1. The molecule has 2 aliphatic rings. The summed E-state index contributed by atoms with van der Waals surface area (Å²) in [6, 6.07) is 17.1. The van der Waals surface area contributed by atoms with E-state index in [0.29, 0.717) is 6.04 Å². The summed E-state index contributed by atoms with van der Waals surface area (Å²) in [7, 11) is 0. The first kappa shape index (κ1) is 19.3. The average Bonchev–Trinajstić information content (AvgIpc) is 3.51. The summed E-state index contributed by atoms with van der Waals surface area (Å²) in [5.74, 6) is 1.18. The van der Waals surface area contributed by atoms with Crippen molar-refractivity contribution in [2.24, 2.45) is 0 Å². The van der Waals surface area contributed by atoms with Crippen LogP contribution in [0.2, 0.25) is 0 Å². The number of aromatic nitrogens is 2. The topological polar surface area (TPSA) is 41.4 Å². The predicted octanol–water partition coefficient (Wildman–Crippen LogP) is 4.26. The van der Waals surface area contributed by atoms with Gasteiger partial charge < -0.3 is 9.47 Å². The Hall–Kier alpha value is -2.66. The number of amides is 1. The van der Waals surface area contributed by atoms with Crippen molar-refractivity contribution in [3.63, 3.8) is 0 Å². The molecule has 0 radical (unpaired) electrons. The van der Waals surface area contributed by atoms with Crippen LogP contribution < -0.4 is 0 Å². The fourth-order valence-corrected chi connectivity index (χ4v) is 5.22. The van der Waals surface area contributed by atoms with Crippen LogP contribution in [0.25, 0.3) is 11.0 Å². The Kier molecular flexibility index (Phi) is 5.07. The van der Waals surface area contributed by atoms with E-state index in [9.17, 15) is 4.79 Å². The van der Waals surface area contributed by atoms with E-state index in [1.54, 1.807) is 0 Å². The third-order valence-corrected chi connectivity index (χ3v) is 6.91. The Morgan fingerprint density at radius 1 is 1.03 bits per heavy atom. The molecular weight excluding hydrogens is 372 g/mol. The first-order chi connectivity index (χ1) is 14.6. The van der Waals surface area contributed by atoms with Gasteiger partial charge in [0, 0.05) is 24.7 Å². The average molecular weight is 403 g/mol. The zero-order chi connectivity index (χ0) is 20.7. The van der Waals surface area contributed by atoms with Crippen LogP contribution >= 0.6 is 0 Å². The van der Waals surface area contributed by atoms with E-state index >= 15 is 0 Å². The SMILES string of the molecule is Cc1nc2ccccc2n1[C@H](C)c1ccc(C(=O)N2CC[C@H](N3CCCC3)C2)cc1. The van der Waals surface area contributed by atoms with Gasteiger partial charge in [-0.15, -0.1) is 0 Å². The molecule has 5 heteroatoms. The molecule has 3 aromatic rings. The van der Waals surface area contributed by atoms with Crippen molar-refractivity contribution in [1.29, 1.82) is 0 Å². The number of carbonyl (C=O) groups is 1. The van der Waals surface area contributed by atoms with Gasteiger partial charge in [-0.05, 0) is 76.0 Å². The minimum absolute atomic E-state index is 0.160. The quantitative estimate of drug-likeness (QED) is 0.655. The van der Waals surface area contributed by atoms with Gasteiger partial charge in [-0.1, -0.05) is 24.3 Å². The largest absolute Gasteiger partial charge is 0.337 e. The number of nitrogens with zero attached hydrogens (tertiary/aromatic N) is 4. The summed E-state index contributed by atoms with van der Waals surface area (Å²) in [5.41, 5.74) is 4.15. The van der Waals surface area contributed by atoms with E-state index in [2.05, 4.69) is 53.6 Å². The van der Waals surface area contributed by atoms with E-state index in [1.807, 2.05) is 23.1 Å². The highest BCUT2D eigenvalue weighted by Crippen LogP contribution is 2.27. The fourth-order valence-electron chi connectivity index (χ4n) is 5.22. The van der Waals surface area contributed by atoms with Gasteiger partial charge in [0.1, 0.15) is 5.82 Å². The van der Waals surface area contributed by atoms with Crippen LogP contribution in [0.15, 0.2) is 48.5 Å². The lowest BCUT2D eigenvalue weighted by Crippen LogP contribution is -2.37. The highest BCUT2D eigenvalue weighted by molar-refractivity contribution is 5.94. The van der Waals surface area contributed by atoms with Gasteiger partial charge in [0.15, 0.2) is 0 Å². The highest BCUT2D eigenvalue weighted by Gasteiger charge is 2.32. The number of hydrogen-bond acceptors (Lipinski definition) is 3. The van der Waals surface area contributed by atoms with Crippen LogP contribution in [0.5, 0.6) is 0 Å². The van der Waals surface area contributed by atoms with Crippen LogP contribution in [-0.2, 0) is 0 Å². The number of benzene rings is 2. The molecule has 2 fully saturated rings. The van der Waals surface area contributed by atoms with Crippen molar-refractivity contribution < 1.29 is 4.79 Å². The van der Waals surface area contributed by atoms with Crippen molar-refractivity contribution in [3.8, 4) is 0 Å². The molecule has 156 valence electrons. The Labute approximate surface area is 178 Å². The van der Waals surface area contributed by atoms with E-state index < -0.39 is 0 Å². The molecule has 2 atom stereocenters. The third kappa shape index (κ3) is 3.41. The maximum Gasteiger partial charge on any atom is 0.253 e. The van der Waals surface area contributed by atoms with Gasteiger partial charge in [-0.25, -0.2) is 4.98 Å². The number of carbonyl (C=O) groups excluding carboxylic acids is 1. The Balaban J connectivity index is 1.31. The molecule has 0 N–H and O–H groups in total. The molecule has 0 spiro atoms. The number of imidazole rings is 1. The zero-order valence-electron chi connectivity index (χ0n) is 17.9. The molecule has 0 unspecified atom stereocenters. The summed E-state index contributed by atoms with van der Waals surface area (Å²) in [4.78, 5) is 22.3. The normalized spacial score (nSPS) is 20.9. The Bertz CT molecular complexity index is 1050. The van der Waals surface area contributed by atoms with Gasteiger partial charge in [-0.3, -0.25) is 9.69 Å². The summed E-state index contributed by atoms with van der Waals surface area (Å²) >= 11 is 0. The molecule has 30 heavy (non-hydrogen) atoms. The molecule has 2 aromatic carbocycles. The number of aryl methyl sites for hydroxylation is 1. The lowest BCUT2D eigenvalue weighted by molar-refractivity contribution is 0.0780. The number of rotatable bonds is 4. The van der Waals surface area contributed by atoms with Crippen molar-refractivity contribution in [1.82, 2.24) is 19.4 Å². The van der Waals surface area contributed by atoms with Gasteiger partial charge in [0.05, 0.1) is 17.1 Å². The second-order valence-corrected chi connectivity index (χ2v) is 8.75. The van der Waals surface area contributed by atoms with Crippen molar-refractivity contribution in [2.75, 3.05) is 26.2 Å². The van der Waals surface area contributed by atoms with Crippen LogP contribution in [0, 0.1) is 6.92 Å². The Morgan fingerprint density at radius 2 is 1.77 bits per heavy atom. The predicted molar refractivity (Wildman–Crippen MR) is 120 cm³/mol. The van der Waals surface area contributed by atoms with Crippen molar-refractivity contribution >= 4 is 16.9 Å². The van der Waals surface area contributed by atoms with E-state index in [0.717, 1.165) is 41.9 Å². The van der Waals surface area contributed by atoms with Crippen LogP contribution in [0.1, 0.15) is 54.0 Å². The smallest absolute Gasteiger partial charge is 0.253 e. The number of hydrogen-bond donors (Lipinski definition) is 0. The van der Waals surface area contributed by atoms with Gasteiger partial charge in [0.25, 0.3) is 5.91 Å². The minimum atomic E-state index is 0.160. The molecule has 0 bridgehead atoms. The summed E-state index contributed by atoms with van der Waals surface area (Å²) in [6.45, 7) is 8.39. The van der Waals surface area contributed by atoms with Crippen LogP contribution in [0.3, 0.4) is 0 Å². The van der Waals surface area contributed by atoms with E-state index in [1.165, 1.54) is 31.5 Å². The fraction of sp³-hybridized carbons (Fsp3) is 0.440. The molecule has 5 rings (SSSR count). The molecule has 3 heterocycles. The van der Waals surface area contributed by atoms with Gasteiger partial charge in [-0.2, -0.15) is 0 Å². The molecular formula is C25H30N4O. The second kappa shape index (κ2) is 7.88.